The number of amides is 1. The maximum Gasteiger partial charge on any atom is 0.252 e. The van der Waals surface area contributed by atoms with Crippen LogP contribution in [0.5, 0.6) is 5.75 Å². The molecule has 6 nitrogen and oxygen atoms in total. The van der Waals surface area contributed by atoms with Crippen molar-refractivity contribution in [2.24, 2.45) is 0 Å². The van der Waals surface area contributed by atoms with Crippen molar-refractivity contribution < 1.29 is 18.7 Å². The number of benzene rings is 1. The third kappa shape index (κ3) is 3.16. The molecule has 0 spiro atoms. The second-order valence-corrected chi connectivity index (χ2v) is 6.06. The fourth-order valence-corrected chi connectivity index (χ4v) is 3.11. The molecule has 0 saturated carbocycles. The van der Waals surface area contributed by atoms with E-state index >= 15 is 0 Å². The normalized spacial score (nSPS) is 17.6. The van der Waals surface area contributed by atoms with Crippen molar-refractivity contribution >= 4 is 5.91 Å². The molecule has 24 heavy (non-hydrogen) atoms. The summed E-state index contributed by atoms with van der Waals surface area (Å²) in [4.78, 5) is 14.0. The van der Waals surface area contributed by atoms with Crippen LogP contribution >= 0.6 is 0 Å². The minimum atomic E-state index is -0.0405. The van der Waals surface area contributed by atoms with E-state index in [-0.39, 0.29) is 5.91 Å². The van der Waals surface area contributed by atoms with Crippen molar-refractivity contribution in [1.82, 2.24) is 10.2 Å². The molecule has 0 aliphatic carbocycles. The molecular formula is C18H20N2O4. The van der Waals surface area contributed by atoms with Gasteiger partial charge < -0.3 is 19.2 Å². The Balaban J connectivity index is 1.38. The first-order valence-corrected chi connectivity index (χ1v) is 8.19. The molecule has 0 atom stereocenters. The highest BCUT2D eigenvalue weighted by Crippen LogP contribution is 2.27. The number of carbonyl (C=O) groups is 1. The molecule has 1 fully saturated rings. The Morgan fingerprint density at radius 1 is 1.25 bits per heavy atom. The van der Waals surface area contributed by atoms with Gasteiger partial charge in [-0.15, -0.1) is 0 Å². The molecule has 0 unspecified atom stereocenters. The van der Waals surface area contributed by atoms with Crippen LogP contribution in [0.3, 0.4) is 0 Å². The third-order valence-corrected chi connectivity index (χ3v) is 4.39. The van der Waals surface area contributed by atoms with Crippen LogP contribution in [0.4, 0.5) is 0 Å². The van der Waals surface area contributed by atoms with Crippen molar-refractivity contribution in [2.45, 2.75) is 19.7 Å². The number of carbonyl (C=O) groups excluding carboxylic acids is 1. The molecule has 1 saturated heterocycles. The number of morpholine rings is 1. The molecule has 1 aromatic heterocycles. The van der Waals surface area contributed by atoms with E-state index in [1.54, 1.807) is 6.26 Å². The van der Waals surface area contributed by atoms with Crippen LogP contribution in [0.2, 0.25) is 0 Å². The van der Waals surface area contributed by atoms with Gasteiger partial charge in [0.2, 0.25) is 0 Å². The molecule has 6 heteroatoms. The van der Waals surface area contributed by atoms with Gasteiger partial charge in [0, 0.05) is 42.9 Å². The van der Waals surface area contributed by atoms with Gasteiger partial charge in [0.05, 0.1) is 19.5 Å². The topological polar surface area (TPSA) is 63.9 Å². The number of nitrogens with one attached hydrogen (secondary N) is 1. The quantitative estimate of drug-likeness (QED) is 0.909. The smallest absolute Gasteiger partial charge is 0.252 e. The van der Waals surface area contributed by atoms with E-state index in [0.29, 0.717) is 18.7 Å². The van der Waals surface area contributed by atoms with Crippen molar-refractivity contribution in [3.63, 3.8) is 0 Å². The summed E-state index contributed by atoms with van der Waals surface area (Å²) in [6.45, 7) is 5.23. The molecular weight excluding hydrogens is 308 g/mol. The predicted molar refractivity (Wildman–Crippen MR) is 86.7 cm³/mol. The highest BCUT2D eigenvalue weighted by Gasteiger charge is 2.22. The van der Waals surface area contributed by atoms with Gasteiger partial charge >= 0.3 is 0 Å². The van der Waals surface area contributed by atoms with E-state index < -0.39 is 0 Å². The van der Waals surface area contributed by atoms with Crippen molar-refractivity contribution in [3.05, 3.63) is 53.0 Å². The van der Waals surface area contributed by atoms with E-state index in [4.69, 9.17) is 13.9 Å². The summed E-state index contributed by atoms with van der Waals surface area (Å²) < 4.78 is 16.8. The zero-order valence-corrected chi connectivity index (χ0v) is 13.4. The van der Waals surface area contributed by atoms with Crippen LogP contribution in [-0.2, 0) is 24.4 Å². The van der Waals surface area contributed by atoms with Gasteiger partial charge in [0.25, 0.3) is 5.91 Å². The highest BCUT2D eigenvalue weighted by molar-refractivity contribution is 5.99. The van der Waals surface area contributed by atoms with Gasteiger partial charge in [-0.3, -0.25) is 9.69 Å². The average Bonchev–Trinajstić information content (AvgIpc) is 3.21. The number of furan rings is 1. The molecule has 126 valence electrons. The second kappa shape index (κ2) is 6.67. The van der Waals surface area contributed by atoms with E-state index in [2.05, 4.69) is 10.2 Å². The minimum absolute atomic E-state index is 0.0405. The van der Waals surface area contributed by atoms with Crippen molar-refractivity contribution in [1.29, 1.82) is 0 Å². The minimum Gasteiger partial charge on any atom is -0.485 e. The summed E-state index contributed by atoms with van der Waals surface area (Å²) in [5.74, 6) is 1.48. The van der Waals surface area contributed by atoms with Gasteiger partial charge in [-0.25, -0.2) is 0 Å². The molecule has 1 amide bonds. The Labute approximate surface area is 140 Å². The summed E-state index contributed by atoms with van der Waals surface area (Å²) in [5, 5.41) is 2.82. The molecule has 4 rings (SSSR count). The molecule has 3 heterocycles. The maximum atomic E-state index is 11.7. The lowest BCUT2D eigenvalue weighted by molar-refractivity contribution is 0.0341. The first-order valence-electron chi connectivity index (χ1n) is 8.19. The lowest BCUT2D eigenvalue weighted by atomic mass is 10.1. The zero-order valence-electron chi connectivity index (χ0n) is 13.4. The van der Waals surface area contributed by atoms with Gasteiger partial charge in [0.15, 0.2) is 0 Å². The summed E-state index contributed by atoms with van der Waals surface area (Å²) in [5.41, 5.74) is 2.76. The second-order valence-electron chi connectivity index (χ2n) is 6.06. The molecule has 2 aliphatic heterocycles. The monoisotopic (exact) mass is 328 g/mol. The molecule has 0 radical (unpaired) electrons. The van der Waals surface area contributed by atoms with Crippen LogP contribution in [-0.4, -0.2) is 37.1 Å². The molecule has 2 aliphatic rings. The number of rotatable bonds is 5. The molecule has 0 bridgehead atoms. The highest BCUT2D eigenvalue weighted by atomic mass is 16.5. The van der Waals surface area contributed by atoms with Crippen LogP contribution in [0.15, 0.2) is 34.9 Å². The molecule has 2 aromatic rings. The predicted octanol–water partition coefficient (Wildman–Crippen LogP) is 1.93. The fourth-order valence-electron chi connectivity index (χ4n) is 3.11. The summed E-state index contributed by atoms with van der Waals surface area (Å²) in [6, 6.07) is 7.57. The van der Waals surface area contributed by atoms with Crippen molar-refractivity contribution in [3.8, 4) is 5.75 Å². The first kappa shape index (κ1) is 15.2. The largest absolute Gasteiger partial charge is 0.485 e. The van der Waals surface area contributed by atoms with Gasteiger partial charge in [0.1, 0.15) is 18.1 Å². The van der Waals surface area contributed by atoms with Crippen LogP contribution in [0, 0.1) is 0 Å². The average molecular weight is 328 g/mol. The van der Waals surface area contributed by atoms with Crippen LogP contribution in [0.1, 0.15) is 27.2 Å². The Bertz CT molecular complexity index is 734. The van der Waals surface area contributed by atoms with Gasteiger partial charge in [-0.05, 0) is 18.2 Å². The lowest BCUT2D eigenvalue weighted by Crippen LogP contribution is -2.35. The van der Waals surface area contributed by atoms with Gasteiger partial charge in [-0.2, -0.15) is 0 Å². The maximum absolute atomic E-state index is 11.7. The number of nitrogens with zero attached hydrogens (tertiary/aromatic N) is 1. The van der Waals surface area contributed by atoms with E-state index in [1.165, 1.54) is 0 Å². The zero-order chi connectivity index (χ0) is 16.4. The first-order chi connectivity index (χ1) is 11.8. The van der Waals surface area contributed by atoms with E-state index in [1.807, 2.05) is 24.3 Å². The van der Waals surface area contributed by atoms with Crippen LogP contribution in [0.25, 0.3) is 0 Å². The van der Waals surface area contributed by atoms with E-state index in [0.717, 1.165) is 55.5 Å². The SMILES string of the molecule is O=C1NCc2c(OCc3cc(CN4CCOCC4)co3)cccc21. The number of hydrogen-bond acceptors (Lipinski definition) is 5. The Morgan fingerprint density at radius 3 is 3.00 bits per heavy atom. The Morgan fingerprint density at radius 2 is 2.12 bits per heavy atom. The van der Waals surface area contributed by atoms with E-state index in [9.17, 15) is 4.79 Å². The fraction of sp³-hybridized carbons (Fsp3) is 0.389. The summed E-state index contributed by atoms with van der Waals surface area (Å²) >= 11 is 0. The van der Waals surface area contributed by atoms with Gasteiger partial charge in [-0.1, -0.05) is 6.07 Å². The van der Waals surface area contributed by atoms with Crippen molar-refractivity contribution in [2.75, 3.05) is 26.3 Å². The molecule has 1 aromatic carbocycles. The number of fused-ring (bicyclic) bond motifs is 1. The summed E-state index contributed by atoms with van der Waals surface area (Å²) in [7, 11) is 0. The standard InChI is InChI=1S/C18H20N2O4/c21-18-15-2-1-3-17(16(15)9-19-18)24-12-14-8-13(11-23-14)10-20-4-6-22-7-5-20/h1-3,8,11H,4-7,9-10,12H2,(H,19,21). The summed E-state index contributed by atoms with van der Waals surface area (Å²) in [6.07, 6.45) is 1.79. The Kier molecular flexibility index (Phi) is 4.23. The number of ether oxygens (including phenoxy) is 2. The molecule has 1 N–H and O–H groups in total. The number of hydrogen-bond donors (Lipinski definition) is 1. The Hall–Kier alpha value is -2.31. The lowest BCUT2D eigenvalue weighted by Gasteiger charge is -2.25. The third-order valence-electron chi connectivity index (χ3n) is 4.39. The van der Waals surface area contributed by atoms with Crippen LogP contribution < -0.4 is 10.1 Å².